The quantitative estimate of drug-likeness (QED) is 0.790. The van der Waals surface area contributed by atoms with E-state index in [1.165, 1.54) is 4.31 Å². The van der Waals surface area contributed by atoms with Crippen molar-refractivity contribution in [3.63, 3.8) is 0 Å². The Labute approximate surface area is 161 Å². The highest BCUT2D eigenvalue weighted by molar-refractivity contribution is 7.92. The van der Waals surface area contributed by atoms with E-state index in [2.05, 4.69) is 13.8 Å². The van der Waals surface area contributed by atoms with Gasteiger partial charge in [-0.2, -0.15) is 0 Å². The number of nitrogens with zero attached hydrogens (tertiary/aromatic N) is 2. The van der Waals surface area contributed by atoms with Crippen LogP contribution in [0.3, 0.4) is 0 Å². The molecule has 144 valence electrons. The summed E-state index contributed by atoms with van der Waals surface area (Å²) in [7, 11) is -3.58. The first-order valence-electron chi connectivity index (χ1n) is 9.16. The Morgan fingerprint density at radius 3 is 2.37 bits per heavy atom. The zero-order valence-electron chi connectivity index (χ0n) is 16.2. The second-order valence-corrected chi connectivity index (χ2v) is 9.37. The molecule has 5 nitrogen and oxygen atoms in total. The van der Waals surface area contributed by atoms with E-state index in [0.29, 0.717) is 11.6 Å². The smallest absolute Gasteiger partial charge is 0.248 e. The van der Waals surface area contributed by atoms with Gasteiger partial charge >= 0.3 is 0 Å². The van der Waals surface area contributed by atoms with Crippen LogP contribution in [0.2, 0.25) is 0 Å². The molecule has 1 atom stereocenters. The molecule has 1 amide bonds. The second kappa shape index (κ2) is 7.35. The third kappa shape index (κ3) is 4.00. The molecule has 3 rings (SSSR count). The van der Waals surface area contributed by atoms with Gasteiger partial charge in [0.05, 0.1) is 11.9 Å². The molecule has 0 aliphatic carbocycles. The van der Waals surface area contributed by atoms with Crippen LogP contribution in [0.25, 0.3) is 0 Å². The average molecular weight is 387 g/mol. The molecule has 0 bridgehead atoms. The first-order chi connectivity index (χ1) is 12.7. The predicted octanol–water partition coefficient (Wildman–Crippen LogP) is 3.55. The number of hydrogen-bond acceptors (Lipinski definition) is 3. The number of fused-ring (bicyclic) bond motifs is 1. The summed E-state index contributed by atoms with van der Waals surface area (Å²) in [5.41, 5.74) is 3.63. The van der Waals surface area contributed by atoms with Crippen LogP contribution in [0.5, 0.6) is 0 Å². The molecule has 2 aromatic rings. The minimum absolute atomic E-state index is 0.0135. The third-order valence-electron chi connectivity index (χ3n) is 5.00. The highest BCUT2D eigenvalue weighted by Crippen LogP contribution is 2.32. The highest BCUT2D eigenvalue weighted by atomic mass is 32.2. The van der Waals surface area contributed by atoms with Crippen molar-refractivity contribution in [2.24, 2.45) is 0 Å². The average Bonchev–Trinajstić information content (AvgIpc) is 2.94. The number of carbonyl (C=O) groups is 1. The minimum atomic E-state index is -3.58. The molecular formula is C21H26N2O3S. The summed E-state index contributed by atoms with van der Waals surface area (Å²) in [5.74, 6) is 0.139. The summed E-state index contributed by atoms with van der Waals surface area (Å²) in [6.07, 6.45) is 1.92. The van der Waals surface area contributed by atoms with Crippen LogP contribution < -0.4 is 9.21 Å². The monoisotopic (exact) mass is 386 g/mol. The maximum atomic E-state index is 13.0. The standard InChI is InChI=1S/C21H26N2O3S/c1-15(2)17-9-11-19(12-10-17)22(27(4,25)26)14-21(24)23-16(3)13-18-7-5-6-8-20(18)23/h5-12,15-16H,13-14H2,1-4H3. The molecule has 2 aromatic carbocycles. The van der Waals surface area contributed by atoms with E-state index in [1.54, 1.807) is 17.0 Å². The fourth-order valence-electron chi connectivity index (χ4n) is 3.57. The van der Waals surface area contributed by atoms with Crippen molar-refractivity contribution in [1.29, 1.82) is 0 Å². The third-order valence-corrected chi connectivity index (χ3v) is 6.14. The molecule has 0 aromatic heterocycles. The van der Waals surface area contributed by atoms with Gasteiger partial charge in [0, 0.05) is 11.7 Å². The number of hydrogen-bond donors (Lipinski definition) is 0. The van der Waals surface area contributed by atoms with Crippen LogP contribution in [0, 0.1) is 0 Å². The SMILES string of the molecule is CC(C)c1ccc(N(CC(=O)N2c3ccccc3CC2C)S(C)(=O)=O)cc1. The minimum Gasteiger partial charge on any atom is -0.307 e. The fraction of sp³-hybridized carbons (Fsp3) is 0.381. The first kappa shape index (κ1) is 19.4. The lowest BCUT2D eigenvalue weighted by Crippen LogP contribution is -2.45. The number of sulfonamides is 1. The Bertz CT molecular complexity index is 936. The summed E-state index contributed by atoms with van der Waals surface area (Å²) < 4.78 is 26.0. The van der Waals surface area contributed by atoms with Gasteiger partial charge in [-0.25, -0.2) is 8.42 Å². The lowest BCUT2D eigenvalue weighted by molar-refractivity contribution is -0.117. The topological polar surface area (TPSA) is 57.7 Å². The van der Waals surface area contributed by atoms with Crippen molar-refractivity contribution < 1.29 is 13.2 Å². The summed E-state index contributed by atoms with van der Waals surface area (Å²) in [5, 5.41) is 0. The predicted molar refractivity (Wildman–Crippen MR) is 110 cm³/mol. The van der Waals surface area contributed by atoms with Gasteiger partial charge in [0.2, 0.25) is 15.9 Å². The summed E-state index contributed by atoms with van der Waals surface area (Å²) in [4.78, 5) is 14.8. The van der Waals surface area contributed by atoms with E-state index >= 15 is 0 Å². The molecule has 0 radical (unpaired) electrons. The maximum Gasteiger partial charge on any atom is 0.248 e. The number of carbonyl (C=O) groups excluding carboxylic acids is 1. The van der Waals surface area contributed by atoms with Gasteiger partial charge in [0.15, 0.2) is 0 Å². The number of para-hydroxylation sites is 1. The van der Waals surface area contributed by atoms with Gasteiger partial charge in [0.1, 0.15) is 6.54 Å². The van der Waals surface area contributed by atoms with E-state index in [9.17, 15) is 13.2 Å². The van der Waals surface area contributed by atoms with E-state index in [1.807, 2.05) is 43.3 Å². The Kier molecular flexibility index (Phi) is 5.29. The summed E-state index contributed by atoms with van der Waals surface area (Å²) in [6, 6.07) is 15.2. The van der Waals surface area contributed by atoms with Gasteiger partial charge in [-0.3, -0.25) is 9.10 Å². The molecule has 0 N–H and O–H groups in total. The number of benzene rings is 2. The van der Waals surface area contributed by atoms with E-state index in [4.69, 9.17) is 0 Å². The van der Waals surface area contributed by atoms with E-state index < -0.39 is 10.0 Å². The van der Waals surface area contributed by atoms with Crippen LogP contribution in [0.15, 0.2) is 48.5 Å². The van der Waals surface area contributed by atoms with Gasteiger partial charge < -0.3 is 4.90 Å². The lowest BCUT2D eigenvalue weighted by Gasteiger charge is -2.28. The van der Waals surface area contributed by atoms with Crippen LogP contribution in [-0.2, 0) is 21.2 Å². The van der Waals surface area contributed by atoms with Crippen LogP contribution >= 0.6 is 0 Å². The summed E-state index contributed by atoms with van der Waals surface area (Å²) in [6.45, 7) is 5.94. The van der Waals surface area contributed by atoms with Gasteiger partial charge in [-0.15, -0.1) is 0 Å². The second-order valence-electron chi connectivity index (χ2n) is 7.46. The van der Waals surface area contributed by atoms with Gasteiger partial charge in [-0.05, 0) is 48.6 Å². The zero-order chi connectivity index (χ0) is 19.8. The van der Waals surface area contributed by atoms with Crippen molar-refractivity contribution in [2.75, 3.05) is 22.0 Å². The molecule has 1 heterocycles. The molecule has 0 saturated carbocycles. The Morgan fingerprint density at radius 1 is 1.15 bits per heavy atom. The van der Waals surface area contributed by atoms with Crippen molar-refractivity contribution in [2.45, 2.75) is 39.2 Å². The Hall–Kier alpha value is -2.34. The highest BCUT2D eigenvalue weighted by Gasteiger charge is 2.33. The first-order valence-corrected chi connectivity index (χ1v) is 11.0. The molecule has 6 heteroatoms. The van der Waals surface area contributed by atoms with Crippen LogP contribution in [-0.4, -0.2) is 33.2 Å². The molecule has 0 saturated heterocycles. The zero-order valence-corrected chi connectivity index (χ0v) is 17.0. The number of anilines is 2. The number of amides is 1. The molecule has 1 aliphatic rings. The largest absolute Gasteiger partial charge is 0.307 e. The normalized spacial score (nSPS) is 16.5. The Balaban J connectivity index is 1.88. The van der Waals surface area contributed by atoms with Crippen molar-refractivity contribution in [3.05, 3.63) is 59.7 Å². The van der Waals surface area contributed by atoms with Crippen molar-refractivity contribution >= 4 is 27.3 Å². The summed E-state index contributed by atoms with van der Waals surface area (Å²) >= 11 is 0. The Morgan fingerprint density at radius 2 is 1.78 bits per heavy atom. The fourth-order valence-corrected chi connectivity index (χ4v) is 4.42. The maximum absolute atomic E-state index is 13.0. The van der Waals surface area contributed by atoms with Crippen molar-refractivity contribution in [3.8, 4) is 0 Å². The molecular weight excluding hydrogens is 360 g/mol. The van der Waals surface area contributed by atoms with Crippen molar-refractivity contribution in [1.82, 2.24) is 0 Å². The molecule has 0 fully saturated rings. The molecule has 1 aliphatic heterocycles. The van der Waals surface area contributed by atoms with E-state index in [0.717, 1.165) is 29.5 Å². The van der Waals surface area contributed by atoms with Gasteiger partial charge in [0.25, 0.3) is 0 Å². The van der Waals surface area contributed by atoms with Crippen LogP contribution in [0.4, 0.5) is 11.4 Å². The molecule has 0 spiro atoms. The number of rotatable bonds is 5. The lowest BCUT2D eigenvalue weighted by atomic mass is 10.0. The molecule has 27 heavy (non-hydrogen) atoms. The van der Waals surface area contributed by atoms with E-state index in [-0.39, 0.29) is 18.5 Å². The van der Waals surface area contributed by atoms with Crippen LogP contribution in [0.1, 0.15) is 37.8 Å². The molecule has 1 unspecified atom stereocenters. The van der Waals surface area contributed by atoms with Gasteiger partial charge in [-0.1, -0.05) is 44.2 Å².